The number of anilines is 3. The van der Waals surface area contributed by atoms with Crippen molar-refractivity contribution in [2.75, 3.05) is 4.90 Å². The van der Waals surface area contributed by atoms with Gasteiger partial charge in [-0.1, -0.05) is 170 Å². The van der Waals surface area contributed by atoms with E-state index in [9.17, 15) is 0 Å². The molecule has 0 aliphatic carbocycles. The van der Waals surface area contributed by atoms with E-state index in [0.29, 0.717) is 0 Å². The summed E-state index contributed by atoms with van der Waals surface area (Å²) in [5, 5.41) is 12.8. The molecule has 0 aliphatic rings. The molecule has 0 bridgehead atoms. The summed E-state index contributed by atoms with van der Waals surface area (Å²) in [7, 11) is 0. The highest BCUT2D eigenvalue weighted by molar-refractivity contribution is 7.25. The van der Waals surface area contributed by atoms with Gasteiger partial charge in [0.15, 0.2) is 0 Å². The molecule has 0 aliphatic heterocycles. The fourth-order valence-corrected chi connectivity index (χ4v) is 10.5. The highest BCUT2D eigenvalue weighted by Gasteiger charge is 2.17. The van der Waals surface area contributed by atoms with Crippen LogP contribution in [0.5, 0.6) is 0 Å². The summed E-state index contributed by atoms with van der Waals surface area (Å²) in [6.07, 6.45) is 0. The molecule has 0 saturated carbocycles. The average molecular weight is 780 g/mol. The van der Waals surface area contributed by atoms with Crippen LogP contribution in [0.3, 0.4) is 0 Å². The van der Waals surface area contributed by atoms with Gasteiger partial charge in [0.25, 0.3) is 0 Å². The largest absolute Gasteiger partial charge is 0.310 e. The highest BCUT2D eigenvalue weighted by Crippen LogP contribution is 2.43. The Morgan fingerprint density at radius 2 is 0.750 bits per heavy atom. The zero-order chi connectivity index (χ0) is 39.6. The molecule has 0 unspecified atom stereocenters. The summed E-state index contributed by atoms with van der Waals surface area (Å²) in [6.45, 7) is 0. The first-order chi connectivity index (χ1) is 29.7. The maximum Gasteiger partial charge on any atom is 0.0468 e. The van der Waals surface area contributed by atoms with E-state index in [4.69, 9.17) is 0 Å². The summed E-state index contributed by atoms with van der Waals surface area (Å²) in [5.41, 5.74) is 10.6. The van der Waals surface area contributed by atoms with E-state index in [2.05, 4.69) is 229 Å². The Bertz CT molecular complexity index is 3570. The van der Waals surface area contributed by atoms with Gasteiger partial charge in [-0.3, -0.25) is 0 Å². The Labute approximate surface area is 352 Å². The lowest BCUT2D eigenvalue weighted by atomic mass is 9.93. The molecule has 1 heterocycles. The maximum absolute atomic E-state index is 2.42. The van der Waals surface area contributed by atoms with Crippen LogP contribution in [0.25, 0.3) is 96.6 Å². The third-order valence-electron chi connectivity index (χ3n) is 12.2. The van der Waals surface area contributed by atoms with Gasteiger partial charge < -0.3 is 4.90 Å². The fraction of sp³-hybridized carbons (Fsp3) is 0. The van der Waals surface area contributed by atoms with Crippen molar-refractivity contribution in [3.8, 4) is 33.4 Å². The van der Waals surface area contributed by atoms with Crippen LogP contribution in [0.2, 0.25) is 0 Å². The molecule has 0 spiro atoms. The molecular formula is C58H37NS. The molecular weight excluding hydrogens is 743 g/mol. The number of rotatable bonds is 6. The number of hydrogen-bond donors (Lipinski definition) is 0. The van der Waals surface area contributed by atoms with Gasteiger partial charge in [0, 0.05) is 37.2 Å². The van der Waals surface area contributed by atoms with E-state index in [0.717, 1.165) is 17.1 Å². The molecule has 2 heteroatoms. The average Bonchev–Trinajstić information content (AvgIpc) is 3.70. The second-order valence-corrected chi connectivity index (χ2v) is 16.8. The van der Waals surface area contributed by atoms with Gasteiger partial charge in [0.1, 0.15) is 0 Å². The van der Waals surface area contributed by atoms with E-state index in [1.165, 1.54) is 96.6 Å². The molecule has 0 fully saturated rings. The summed E-state index contributed by atoms with van der Waals surface area (Å²) in [5.74, 6) is 0. The van der Waals surface area contributed by atoms with Gasteiger partial charge >= 0.3 is 0 Å². The second kappa shape index (κ2) is 14.1. The van der Waals surface area contributed by atoms with Crippen LogP contribution < -0.4 is 4.90 Å². The third kappa shape index (κ3) is 5.76. The molecule has 11 aromatic carbocycles. The molecule has 0 amide bonds. The minimum absolute atomic E-state index is 1.10. The molecule has 280 valence electrons. The van der Waals surface area contributed by atoms with E-state index >= 15 is 0 Å². The van der Waals surface area contributed by atoms with E-state index in [-0.39, 0.29) is 0 Å². The van der Waals surface area contributed by atoms with Crippen molar-refractivity contribution in [3.05, 3.63) is 224 Å². The fourth-order valence-electron chi connectivity index (χ4n) is 9.36. The zero-order valence-corrected chi connectivity index (χ0v) is 33.5. The quantitative estimate of drug-likeness (QED) is 0.152. The predicted molar refractivity (Wildman–Crippen MR) is 260 cm³/mol. The van der Waals surface area contributed by atoms with E-state index < -0.39 is 0 Å². The highest BCUT2D eigenvalue weighted by atomic mass is 32.1. The zero-order valence-electron chi connectivity index (χ0n) is 32.7. The van der Waals surface area contributed by atoms with Crippen molar-refractivity contribution in [1.82, 2.24) is 0 Å². The minimum atomic E-state index is 1.10. The van der Waals surface area contributed by atoms with Crippen molar-refractivity contribution >= 4 is 91.7 Å². The van der Waals surface area contributed by atoms with Crippen molar-refractivity contribution in [1.29, 1.82) is 0 Å². The second-order valence-electron chi connectivity index (χ2n) is 15.7. The van der Waals surface area contributed by atoms with Gasteiger partial charge in [-0.2, -0.15) is 0 Å². The Hall–Kier alpha value is -7.52. The number of hydrogen-bond acceptors (Lipinski definition) is 2. The van der Waals surface area contributed by atoms with Crippen LogP contribution in [0.4, 0.5) is 17.1 Å². The lowest BCUT2D eigenvalue weighted by molar-refractivity contribution is 1.29. The molecule has 0 radical (unpaired) electrons. The number of benzene rings is 11. The summed E-state index contributed by atoms with van der Waals surface area (Å²) in [6, 6.07) is 82.6. The standard InChI is InChI=1S/C58H37NS/c1-2-18-47-39(12-1)13-11-24-48(47)43-16-9-14-40(34-43)41-15-10-17-45(35-41)59(46-31-33-53-51-21-4-3-19-49(51)50-20-5-6-22-52(50)56(53)37-46)44-29-26-38(27-30-44)42-28-32-55-54-23-7-8-25-57(54)60-58(55)36-42/h1-37H. The van der Waals surface area contributed by atoms with Gasteiger partial charge in [0.05, 0.1) is 0 Å². The van der Waals surface area contributed by atoms with Crippen molar-refractivity contribution in [2.45, 2.75) is 0 Å². The molecule has 0 atom stereocenters. The smallest absolute Gasteiger partial charge is 0.0468 e. The molecule has 1 aromatic heterocycles. The summed E-state index contributed by atoms with van der Waals surface area (Å²) < 4.78 is 2.64. The Morgan fingerprint density at radius 1 is 0.250 bits per heavy atom. The lowest BCUT2D eigenvalue weighted by Gasteiger charge is -2.27. The number of fused-ring (bicyclic) bond motifs is 10. The molecule has 12 rings (SSSR count). The molecule has 12 aromatic rings. The van der Waals surface area contributed by atoms with E-state index in [1.807, 2.05) is 11.3 Å². The van der Waals surface area contributed by atoms with Crippen LogP contribution in [0, 0.1) is 0 Å². The minimum Gasteiger partial charge on any atom is -0.310 e. The first kappa shape index (κ1) is 34.5. The third-order valence-corrected chi connectivity index (χ3v) is 13.4. The van der Waals surface area contributed by atoms with Gasteiger partial charge in [0.2, 0.25) is 0 Å². The SMILES string of the molecule is c1cc(-c2cccc(N(c3ccc(-c4ccc5c(c4)sc4ccccc45)cc3)c3ccc4c5ccccc5c5ccccc5c4c3)c2)cc(-c2cccc3ccccc23)c1. The molecule has 0 N–H and O–H groups in total. The monoisotopic (exact) mass is 779 g/mol. The van der Waals surface area contributed by atoms with Crippen LogP contribution in [0.15, 0.2) is 224 Å². The topological polar surface area (TPSA) is 3.24 Å². The predicted octanol–water partition coefficient (Wildman–Crippen LogP) is 17.1. The number of nitrogens with zero attached hydrogens (tertiary/aromatic N) is 1. The lowest BCUT2D eigenvalue weighted by Crippen LogP contribution is -2.10. The van der Waals surface area contributed by atoms with Crippen LogP contribution in [-0.4, -0.2) is 0 Å². The molecule has 1 nitrogen and oxygen atoms in total. The first-order valence-corrected chi connectivity index (χ1v) is 21.4. The summed E-state index contributed by atoms with van der Waals surface area (Å²) in [4.78, 5) is 2.42. The molecule has 0 saturated heterocycles. The van der Waals surface area contributed by atoms with Crippen molar-refractivity contribution < 1.29 is 0 Å². The molecule has 60 heavy (non-hydrogen) atoms. The Balaban J connectivity index is 1.00. The number of thiophene rings is 1. The van der Waals surface area contributed by atoms with Crippen LogP contribution in [-0.2, 0) is 0 Å². The van der Waals surface area contributed by atoms with Gasteiger partial charge in [-0.05, 0) is 131 Å². The normalized spacial score (nSPS) is 11.7. The van der Waals surface area contributed by atoms with Gasteiger partial charge in [-0.25, -0.2) is 0 Å². The van der Waals surface area contributed by atoms with Crippen LogP contribution >= 0.6 is 11.3 Å². The first-order valence-electron chi connectivity index (χ1n) is 20.6. The van der Waals surface area contributed by atoms with Crippen molar-refractivity contribution in [3.63, 3.8) is 0 Å². The Kier molecular flexibility index (Phi) is 8.11. The maximum atomic E-state index is 2.42. The van der Waals surface area contributed by atoms with Crippen LogP contribution in [0.1, 0.15) is 0 Å². The van der Waals surface area contributed by atoms with Crippen molar-refractivity contribution in [2.24, 2.45) is 0 Å². The van der Waals surface area contributed by atoms with E-state index in [1.54, 1.807) is 0 Å². The van der Waals surface area contributed by atoms with Gasteiger partial charge in [-0.15, -0.1) is 11.3 Å². The summed E-state index contributed by atoms with van der Waals surface area (Å²) >= 11 is 1.87. The Morgan fingerprint density at radius 3 is 1.53 bits per heavy atom.